The molecule has 0 saturated heterocycles. The number of hydrogen-bond acceptors (Lipinski definition) is 2. The molecule has 0 amide bonds. The van der Waals surface area contributed by atoms with Crippen LogP contribution < -0.4 is 0 Å². The van der Waals surface area contributed by atoms with Gasteiger partial charge in [-0.05, 0) is 89.9 Å². The number of rotatable bonds is 2. The predicted octanol–water partition coefficient (Wildman–Crippen LogP) is 6.79. The van der Waals surface area contributed by atoms with Crippen molar-refractivity contribution in [3.8, 4) is 0 Å². The van der Waals surface area contributed by atoms with Crippen molar-refractivity contribution in [3.05, 3.63) is 83.7 Å². The molecule has 6 rings (SSSR count). The minimum atomic E-state index is -0.278. The average Bonchev–Trinajstić information content (AvgIpc) is 3.18. The summed E-state index contributed by atoms with van der Waals surface area (Å²) in [6.07, 6.45) is 15.5. The van der Waals surface area contributed by atoms with Gasteiger partial charge >= 0.3 is 0 Å². The molecule has 4 aliphatic carbocycles. The minimum Gasteiger partial charge on any atom is -0.389 e. The molecule has 2 saturated carbocycles. The van der Waals surface area contributed by atoms with Crippen LogP contribution in [0.1, 0.15) is 69.4 Å². The second-order valence-electron chi connectivity index (χ2n) is 11.3. The molecular formula is C30H35NO. The molecule has 4 aliphatic rings. The first-order chi connectivity index (χ1) is 15.5. The van der Waals surface area contributed by atoms with Crippen molar-refractivity contribution < 1.29 is 5.11 Å². The summed E-state index contributed by atoms with van der Waals surface area (Å²) < 4.78 is 0. The maximum Gasteiger partial charge on any atom is 0.0724 e. The number of hydrogen-bond donors (Lipinski definition) is 1. The summed E-state index contributed by atoms with van der Waals surface area (Å²) >= 11 is 0. The second-order valence-corrected chi connectivity index (χ2v) is 11.3. The highest BCUT2D eigenvalue weighted by Crippen LogP contribution is 2.68. The third-order valence-electron chi connectivity index (χ3n) is 9.88. The number of allylic oxidation sites excluding steroid dienone is 3. The zero-order valence-electron chi connectivity index (χ0n) is 19.4. The van der Waals surface area contributed by atoms with Crippen LogP contribution in [0.25, 0.3) is 5.57 Å². The molecule has 1 aromatic carbocycles. The first-order valence-corrected chi connectivity index (χ1v) is 12.6. The summed E-state index contributed by atoms with van der Waals surface area (Å²) in [6.45, 7) is 5.07. The minimum absolute atomic E-state index is 0.209. The van der Waals surface area contributed by atoms with Gasteiger partial charge in [0.05, 0.1) is 6.10 Å². The van der Waals surface area contributed by atoms with Crippen molar-refractivity contribution >= 4 is 5.57 Å². The van der Waals surface area contributed by atoms with Gasteiger partial charge in [-0.2, -0.15) is 0 Å². The Bertz CT molecular complexity index is 1060. The first kappa shape index (κ1) is 20.4. The Morgan fingerprint density at radius 3 is 2.53 bits per heavy atom. The lowest BCUT2D eigenvalue weighted by atomic mass is 9.44. The van der Waals surface area contributed by atoms with Crippen molar-refractivity contribution in [2.45, 2.75) is 64.4 Å². The Balaban J connectivity index is 1.41. The maximum atomic E-state index is 10.6. The summed E-state index contributed by atoms with van der Waals surface area (Å²) in [5, 5.41) is 10.6. The van der Waals surface area contributed by atoms with Gasteiger partial charge in [-0.1, -0.05) is 68.0 Å². The molecule has 0 bridgehead atoms. The molecule has 1 N–H and O–H groups in total. The predicted molar refractivity (Wildman–Crippen MR) is 130 cm³/mol. The molecule has 1 aromatic heterocycles. The molecule has 166 valence electrons. The van der Waals surface area contributed by atoms with Gasteiger partial charge < -0.3 is 5.11 Å². The summed E-state index contributed by atoms with van der Waals surface area (Å²) in [5.41, 5.74) is 6.28. The van der Waals surface area contributed by atoms with Crippen LogP contribution in [0.4, 0.5) is 0 Å². The van der Waals surface area contributed by atoms with Crippen LogP contribution in [0.3, 0.4) is 0 Å². The van der Waals surface area contributed by atoms with Gasteiger partial charge in [0.1, 0.15) is 0 Å². The van der Waals surface area contributed by atoms with Gasteiger partial charge in [-0.15, -0.1) is 0 Å². The molecule has 2 heteroatoms. The molecule has 1 heterocycles. The van der Waals surface area contributed by atoms with Crippen molar-refractivity contribution in [2.24, 2.45) is 28.6 Å². The van der Waals surface area contributed by atoms with E-state index in [1.165, 1.54) is 48.0 Å². The highest BCUT2D eigenvalue weighted by molar-refractivity contribution is 5.72. The third kappa shape index (κ3) is 2.91. The average molecular weight is 426 g/mol. The highest BCUT2D eigenvalue weighted by atomic mass is 16.3. The highest BCUT2D eigenvalue weighted by Gasteiger charge is 2.59. The van der Waals surface area contributed by atoms with Gasteiger partial charge in [-0.3, -0.25) is 4.98 Å². The van der Waals surface area contributed by atoms with Crippen LogP contribution >= 0.6 is 0 Å². The van der Waals surface area contributed by atoms with Crippen molar-refractivity contribution in [1.29, 1.82) is 0 Å². The maximum absolute atomic E-state index is 10.6. The Kier molecular flexibility index (Phi) is 4.73. The topological polar surface area (TPSA) is 33.1 Å². The van der Waals surface area contributed by atoms with Crippen LogP contribution in [0, 0.1) is 28.6 Å². The molecule has 32 heavy (non-hydrogen) atoms. The molecular weight excluding hydrogens is 390 g/mol. The number of nitrogens with zero attached hydrogens (tertiary/aromatic N) is 1. The molecule has 0 aliphatic heterocycles. The molecule has 2 nitrogen and oxygen atoms in total. The van der Waals surface area contributed by atoms with Crippen molar-refractivity contribution in [3.63, 3.8) is 0 Å². The standard InChI is InChI=1S/C30H35NO/c1-29-15-13-27-24(26(29)11-10-25(29)21-9-6-16-31-19-21)18-23(20-7-4-3-5-8-20)28-17-22(32)12-14-30(27,28)2/h3-10,16-17,19,22-24,26-27,32H,11-15,18H2,1-2H3/t22?,23?,24-,26-,27-,29+,30+/m0/s1. The molecule has 2 fully saturated rings. The first-order valence-electron chi connectivity index (χ1n) is 12.6. The quantitative estimate of drug-likeness (QED) is 0.537. The van der Waals surface area contributed by atoms with Gasteiger partial charge in [0.2, 0.25) is 0 Å². The van der Waals surface area contributed by atoms with E-state index in [0.29, 0.717) is 11.8 Å². The number of pyridine rings is 1. The van der Waals surface area contributed by atoms with Crippen LogP contribution in [-0.2, 0) is 0 Å². The number of aliphatic hydroxyl groups excluding tert-OH is 1. The van der Waals surface area contributed by atoms with E-state index in [-0.39, 0.29) is 16.9 Å². The smallest absolute Gasteiger partial charge is 0.0724 e. The summed E-state index contributed by atoms with van der Waals surface area (Å²) in [6, 6.07) is 15.4. The Hall–Kier alpha value is -2.19. The third-order valence-corrected chi connectivity index (χ3v) is 9.88. The van der Waals surface area contributed by atoms with E-state index in [0.717, 1.165) is 24.7 Å². The van der Waals surface area contributed by atoms with Crippen LogP contribution in [0.2, 0.25) is 0 Å². The molecule has 2 aromatic rings. The largest absolute Gasteiger partial charge is 0.389 e. The number of fused-ring (bicyclic) bond motifs is 5. The molecule has 0 spiro atoms. The van der Waals surface area contributed by atoms with Crippen LogP contribution in [0.15, 0.2) is 72.6 Å². The van der Waals surface area contributed by atoms with E-state index in [1.807, 2.05) is 6.20 Å². The molecule has 2 unspecified atom stereocenters. The SMILES string of the molecule is C[C@]12CCC(O)C=C1C(c1ccccc1)C[C@@H]1[C@@H]2CC[C@]2(C)C(c3cccnc3)=CC[C@@H]12. The number of aromatic nitrogens is 1. The van der Waals surface area contributed by atoms with E-state index >= 15 is 0 Å². The zero-order chi connectivity index (χ0) is 21.9. The zero-order valence-corrected chi connectivity index (χ0v) is 19.4. The molecule has 0 radical (unpaired) electrons. The van der Waals surface area contributed by atoms with E-state index in [9.17, 15) is 5.11 Å². The Morgan fingerprint density at radius 1 is 0.938 bits per heavy atom. The lowest BCUT2D eigenvalue weighted by Crippen LogP contribution is -2.51. The number of aliphatic hydroxyl groups is 1. The Labute approximate surface area is 192 Å². The van der Waals surface area contributed by atoms with E-state index in [4.69, 9.17) is 0 Å². The normalized spacial score (nSPS) is 40.5. The lowest BCUT2D eigenvalue weighted by molar-refractivity contribution is -0.0339. The van der Waals surface area contributed by atoms with Crippen molar-refractivity contribution in [1.82, 2.24) is 4.98 Å². The summed E-state index contributed by atoms with van der Waals surface area (Å²) in [4.78, 5) is 4.43. The van der Waals surface area contributed by atoms with Gasteiger partial charge in [0.15, 0.2) is 0 Å². The monoisotopic (exact) mass is 425 g/mol. The molecule has 7 atom stereocenters. The van der Waals surface area contributed by atoms with E-state index in [1.54, 1.807) is 0 Å². The van der Waals surface area contributed by atoms with Crippen LogP contribution in [-0.4, -0.2) is 16.2 Å². The fourth-order valence-electron chi connectivity index (χ4n) is 8.33. The van der Waals surface area contributed by atoms with E-state index < -0.39 is 0 Å². The van der Waals surface area contributed by atoms with Crippen molar-refractivity contribution in [2.75, 3.05) is 0 Å². The lowest BCUT2D eigenvalue weighted by Gasteiger charge is -2.60. The van der Waals surface area contributed by atoms with Gasteiger partial charge in [0.25, 0.3) is 0 Å². The van der Waals surface area contributed by atoms with Crippen LogP contribution in [0.5, 0.6) is 0 Å². The summed E-state index contributed by atoms with van der Waals surface area (Å²) in [7, 11) is 0. The number of benzene rings is 1. The fraction of sp³-hybridized carbons (Fsp3) is 0.500. The summed E-state index contributed by atoms with van der Waals surface area (Å²) in [5.74, 6) is 2.58. The van der Waals surface area contributed by atoms with Gasteiger partial charge in [-0.25, -0.2) is 0 Å². The van der Waals surface area contributed by atoms with E-state index in [2.05, 4.69) is 79.6 Å². The second kappa shape index (κ2) is 7.42. The van der Waals surface area contributed by atoms with Gasteiger partial charge in [0, 0.05) is 18.3 Å². The Morgan fingerprint density at radius 2 is 1.75 bits per heavy atom. The fourth-order valence-corrected chi connectivity index (χ4v) is 8.33.